The zero-order valence-corrected chi connectivity index (χ0v) is 3.78. The maximum absolute atomic E-state index is 10.9. The predicted molar refractivity (Wildman–Crippen MR) is 21.9 cm³/mol. The monoisotopic (exact) mass is 91.1 g/mol. The molecule has 0 fully saturated rings. The van der Waals surface area contributed by atoms with Gasteiger partial charge in [-0.1, -0.05) is 6.92 Å². The smallest absolute Gasteiger partial charge is 0.188 e. The quantitative estimate of drug-likeness (QED) is 0.473. The number of rotatable bonds is 3. The summed E-state index contributed by atoms with van der Waals surface area (Å²) in [6, 6.07) is 0. The molecule has 0 aromatic heterocycles. The molecule has 37 valence electrons. The maximum atomic E-state index is 10.9. The molecule has 0 amide bonds. The molecule has 1 nitrogen and oxygen atoms in total. The lowest BCUT2D eigenvalue weighted by Gasteiger charge is -1.88. The highest BCUT2D eigenvalue weighted by molar-refractivity contribution is 4.48. The van der Waals surface area contributed by atoms with Crippen molar-refractivity contribution in [2.75, 3.05) is 13.5 Å². The lowest BCUT2D eigenvalue weighted by molar-refractivity contribution is 0.0721. The fourth-order valence-corrected chi connectivity index (χ4v) is 0.162. The SMILES string of the molecule is C[CH]COCF. The van der Waals surface area contributed by atoms with E-state index in [1.54, 1.807) is 6.42 Å². The van der Waals surface area contributed by atoms with Gasteiger partial charge in [-0.3, -0.25) is 0 Å². The summed E-state index contributed by atoms with van der Waals surface area (Å²) in [6.45, 7) is 1.55. The van der Waals surface area contributed by atoms with Crippen LogP contribution in [0.1, 0.15) is 6.92 Å². The van der Waals surface area contributed by atoms with E-state index in [4.69, 9.17) is 0 Å². The average molecular weight is 91.1 g/mol. The van der Waals surface area contributed by atoms with Gasteiger partial charge in [-0.2, -0.15) is 0 Å². The molecule has 0 aliphatic heterocycles. The Balaban J connectivity index is 2.34. The van der Waals surface area contributed by atoms with Crippen LogP contribution in [0.4, 0.5) is 4.39 Å². The average Bonchev–Trinajstić information content (AvgIpc) is 1.61. The first-order chi connectivity index (χ1) is 2.91. The Hall–Kier alpha value is -0.110. The molecule has 0 N–H and O–H groups in total. The molecule has 0 unspecified atom stereocenters. The van der Waals surface area contributed by atoms with Crippen molar-refractivity contribution in [2.45, 2.75) is 6.92 Å². The van der Waals surface area contributed by atoms with Gasteiger partial charge >= 0.3 is 0 Å². The van der Waals surface area contributed by atoms with E-state index in [2.05, 4.69) is 4.74 Å². The Kier molecular flexibility index (Phi) is 4.80. The molecule has 0 aromatic rings. The predicted octanol–water partition coefficient (Wildman–Crippen LogP) is 1.15. The van der Waals surface area contributed by atoms with Gasteiger partial charge in [0, 0.05) is 0 Å². The second-order valence-corrected chi connectivity index (χ2v) is 0.888. The van der Waals surface area contributed by atoms with E-state index in [0.29, 0.717) is 6.61 Å². The van der Waals surface area contributed by atoms with Crippen LogP contribution in [0.3, 0.4) is 0 Å². The van der Waals surface area contributed by atoms with Gasteiger partial charge in [0.2, 0.25) is 0 Å². The van der Waals surface area contributed by atoms with Crippen LogP contribution in [0.15, 0.2) is 0 Å². The fourth-order valence-electron chi connectivity index (χ4n) is 0.162. The van der Waals surface area contributed by atoms with E-state index in [0.717, 1.165) is 0 Å². The largest absolute Gasteiger partial charge is 0.350 e. The minimum atomic E-state index is -0.676. The highest BCUT2D eigenvalue weighted by Gasteiger charge is 1.75. The van der Waals surface area contributed by atoms with Crippen molar-refractivity contribution in [3.63, 3.8) is 0 Å². The van der Waals surface area contributed by atoms with Gasteiger partial charge in [-0.15, -0.1) is 0 Å². The lowest BCUT2D eigenvalue weighted by atomic mass is 10.5. The van der Waals surface area contributed by atoms with Gasteiger partial charge in [0.25, 0.3) is 0 Å². The molecule has 0 rings (SSSR count). The second-order valence-electron chi connectivity index (χ2n) is 0.888. The maximum Gasteiger partial charge on any atom is 0.188 e. The molecule has 0 spiro atoms. The summed E-state index contributed by atoms with van der Waals surface area (Å²) in [5.74, 6) is 0. The van der Waals surface area contributed by atoms with Gasteiger partial charge in [0.1, 0.15) is 0 Å². The third-order valence-corrected chi connectivity index (χ3v) is 0.362. The van der Waals surface area contributed by atoms with E-state index in [1.165, 1.54) is 0 Å². The summed E-state index contributed by atoms with van der Waals surface area (Å²) in [7, 11) is 0. The van der Waals surface area contributed by atoms with E-state index >= 15 is 0 Å². The minimum absolute atomic E-state index is 0.413. The number of hydrogen-bond acceptors (Lipinski definition) is 1. The number of hydrogen-bond donors (Lipinski definition) is 0. The fraction of sp³-hybridized carbons (Fsp3) is 0.750. The summed E-state index contributed by atoms with van der Waals surface area (Å²) < 4.78 is 15.2. The van der Waals surface area contributed by atoms with E-state index in [-0.39, 0.29) is 0 Å². The van der Waals surface area contributed by atoms with E-state index < -0.39 is 6.86 Å². The Bertz CT molecular complexity index is 19.5. The molecule has 1 radical (unpaired) electrons. The number of ether oxygens (including phenoxy) is 1. The number of halogens is 1. The third-order valence-electron chi connectivity index (χ3n) is 0.362. The molecule has 0 bridgehead atoms. The van der Waals surface area contributed by atoms with Crippen molar-refractivity contribution in [2.24, 2.45) is 0 Å². The second kappa shape index (κ2) is 4.89. The van der Waals surface area contributed by atoms with E-state index in [9.17, 15) is 4.39 Å². The molecule has 0 aromatic carbocycles. The summed E-state index contributed by atoms with van der Waals surface area (Å²) in [4.78, 5) is 0. The Morgan fingerprint density at radius 2 is 2.50 bits per heavy atom. The molecule has 6 heavy (non-hydrogen) atoms. The van der Waals surface area contributed by atoms with Crippen LogP contribution < -0.4 is 0 Å². The van der Waals surface area contributed by atoms with Crippen molar-refractivity contribution >= 4 is 0 Å². The topological polar surface area (TPSA) is 9.23 Å². The molecule has 0 aliphatic carbocycles. The van der Waals surface area contributed by atoms with Crippen LogP contribution in [-0.2, 0) is 4.74 Å². The van der Waals surface area contributed by atoms with Gasteiger partial charge in [0.15, 0.2) is 6.86 Å². The molecule has 0 saturated heterocycles. The first-order valence-corrected chi connectivity index (χ1v) is 1.83. The third kappa shape index (κ3) is 3.89. The van der Waals surface area contributed by atoms with E-state index in [1.807, 2.05) is 6.92 Å². The Morgan fingerprint density at radius 1 is 1.83 bits per heavy atom. The van der Waals surface area contributed by atoms with Crippen LogP contribution in [0.2, 0.25) is 0 Å². The summed E-state index contributed by atoms with van der Waals surface area (Å²) in [6.07, 6.45) is 1.75. The summed E-state index contributed by atoms with van der Waals surface area (Å²) in [5, 5.41) is 0. The zero-order chi connectivity index (χ0) is 4.83. The molecule has 2 heteroatoms. The van der Waals surface area contributed by atoms with Gasteiger partial charge in [0.05, 0.1) is 6.61 Å². The molecule has 0 aliphatic rings. The molecular formula is C4H8FO. The van der Waals surface area contributed by atoms with Crippen molar-refractivity contribution < 1.29 is 9.13 Å². The molecule has 0 atom stereocenters. The Labute approximate surface area is 37.1 Å². The molecule has 0 heterocycles. The summed E-state index contributed by atoms with van der Waals surface area (Å²) in [5.41, 5.74) is 0. The van der Waals surface area contributed by atoms with Crippen LogP contribution in [0.5, 0.6) is 0 Å². The van der Waals surface area contributed by atoms with Gasteiger partial charge in [-0.25, -0.2) is 4.39 Å². The molecular weight excluding hydrogens is 83.0 g/mol. The van der Waals surface area contributed by atoms with Crippen LogP contribution in [0, 0.1) is 6.42 Å². The number of alkyl halides is 1. The first-order valence-electron chi connectivity index (χ1n) is 1.83. The lowest BCUT2D eigenvalue weighted by Crippen LogP contribution is -1.88. The van der Waals surface area contributed by atoms with Gasteiger partial charge < -0.3 is 4.74 Å². The van der Waals surface area contributed by atoms with Crippen LogP contribution >= 0.6 is 0 Å². The van der Waals surface area contributed by atoms with Crippen LogP contribution in [0.25, 0.3) is 0 Å². The van der Waals surface area contributed by atoms with Crippen molar-refractivity contribution in [3.8, 4) is 0 Å². The zero-order valence-electron chi connectivity index (χ0n) is 3.78. The van der Waals surface area contributed by atoms with Gasteiger partial charge in [-0.05, 0) is 6.42 Å². The van der Waals surface area contributed by atoms with Crippen molar-refractivity contribution in [3.05, 3.63) is 6.42 Å². The highest BCUT2D eigenvalue weighted by Crippen LogP contribution is 1.76. The first kappa shape index (κ1) is 5.89. The normalized spacial score (nSPS) is 9.00. The highest BCUT2D eigenvalue weighted by atomic mass is 19.1. The van der Waals surface area contributed by atoms with Crippen LogP contribution in [-0.4, -0.2) is 13.5 Å². The Morgan fingerprint density at radius 3 is 2.67 bits per heavy atom. The van der Waals surface area contributed by atoms with Crippen molar-refractivity contribution in [1.82, 2.24) is 0 Å². The molecule has 0 saturated carbocycles. The minimum Gasteiger partial charge on any atom is -0.350 e. The summed E-state index contributed by atoms with van der Waals surface area (Å²) >= 11 is 0. The van der Waals surface area contributed by atoms with Crippen molar-refractivity contribution in [1.29, 1.82) is 0 Å². The standard InChI is InChI=1S/C4H8FO/c1-2-3-6-4-5/h2H,3-4H2,1H3.